The number of thioether (sulfide) groups is 1. The van der Waals surface area contributed by atoms with Crippen molar-refractivity contribution in [3.63, 3.8) is 0 Å². The molecule has 8 nitrogen and oxygen atoms in total. The number of amidine groups is 1. The van der Waals surface area contributed by atoms with E-state index < -0.39 is 0 Å². The number of nitrogens with zero attached hydrogens (tertiary/aromatic N) is 4. The highest BCUT2D eigenvalue weighted by Gasteiger charge is 2.32. The number of hydrogen-bond donors (Lipinski definition) is 1. The van der Waals surface area contributed by atoms with Crippen LogP contribution >= 0.6 is 11.8 Å². The Morgan fingerprint density at radius 2 is 1.85 bits per heavy atom. The summed E-state index contributed by atoms with van der Waals surface area (Å²) in [5.74, 6) is -0.254. The molecule has 0 saturated carbocycles. The van der Waals surface area contributed by atoms with Gasteiger partial charge in [-0.3, -0.25) is 24.3 Å². The molecule has 2 amide bonds. The van der Waals surface area contributed by atoms with E-state index in [2.05, 4.69) is 15.6 Å². The van der Waals surface area contributed by atoms with Crippen molar-refractivity contribution >= 4 is 57.2 Å². The summed E-state index contributed by atoms with van der Waals surface area (Å²) in [6, 6.07) is 23.2. The minimum atomic E-state index is -0.295. The van der Waals surface area contributed by atoms with Crippen molar-refractivity contribution in [2.75, 3.05) is 16.0 Å². The third-order valence-electron chi connectivity index (χ3n) is 5.13. The predicted octanol–water partition coefficient (Wildman–Crippen LogP) is 3.77. The van der Waals surface area contributed by atoms with Gasteiger partial charge in [-0.25, -0.2) is 4.99 Å². The van der Waals surface area contributed by atoms with E-state index in [0.29, 0.717) is 16.6 Å². The van der Waals surface area contributed by atoms with Gasteiger partial charge in [0.05, 0.1) is 11.4 Å². The van der Waals surface area contributed by atoms with E-state index in [1.807, 2.05) is 72.8 Å². The van der Waals surface area contributed by atoms with Gasteiger partial charge < -0.3 is 0 Å². The van der Waals surface area contributed by atoms with Crippen LogP contribution in [0.5, 0.6) is 0 Å². The summed E-state index contributed by atoms with van der Waals surface area (Å²) in [5.41, 5.74) is 1.90. The molecular formula is C25H20N5O3S+. The molecule has 1 aliphatic rings. The van der Waals surface area contributed by atoms with E-state index >= 15 is 0 Å². The van der Waals surface area contributed by atoms with Gasteiger partial charge in [0.25, 0.3) is 12.1 Å². The maximum absolute atomic E-state index is 13.4. The van der Waals surface area contributed by atoms with E-state index in [1.165, 1.54) is 21.3 Å². The highest BCUT2D eigenvalue weighted by molar-refractivity contribution is 8.14. The molecular weight excluding hydrogens is 450 g/mol. The molecule has 0 saturated heterocycles. The monoisotopic (exact) mass is 470 g/mol. The van der Waals surface area contributed by atoms with E-state index in [0.717, 1.165) is 16.3 Å². The zero-order valence-corrected chi connectivity index (χ0v) is 19.0. The zero-order chi connectivity index (χ0) is 23.5. The molecule has 0 spiro atoms. The van der Waals surface area contributed by atoms with Crippen LogP contribution in [0.25, 0.3) is 16.8 Å². The summed E-state index contributed by atoms with van der Waals surface area (Å²) in [6.45, 7) is 0. The van der Waals surface area contributed by atoms with Crippen molar-refractivity contribution in [2.24, 2.45) is 12.0 Å². The number of carbonyl (C=O) groups is 2. The lowest BCUT2D eigenvalue weighted by Crippen LogP contribution is -2.31. The molecule has 4 aromatic rings. The van der Waals surface area contributed by atoms with Gasteiger partial charge >= 0.3 is 5.88 Å². The third-order valence-corrected chi connectivity index (χ3v) is 6.07. The Labute approximate surface area is 199 Å². The van der Waals surface area contributed by atoms with Crippen molar-refractivity contribution in [1.29, 1.82) is 0 Å². The Morgan fingerprint density at radius 3 is 2.65 bits per heavy atom. The van der Waals surface area contributed by atoms with Gasteiger partial charge in [-0.2, -0.15) is 0 Å². The fraction of sp³-hybridized carbons (Fsp3) is 0.0800. The number of aliphatic imine (C=N–C) groups is 1. The molecule has 168 valence electrons. The molecule has 1 N–H and O–H groups in total. The topological polar surface area (TPSA) is 91.7 Å². The summed E-state index contributed by atoms with van der Waals surface area (Å²) >= 11 is 1.18. The van der Waals surface area contributed by atoms with E-state index in [-0.39, 0.29) is 23.5 Å². The summed E-state index contributed by atoms with van der Waals surface area (Å²) in [6.07, 6.45) is 3.35. The first-order valence-corrected chi connectivity index (χ1v) is 11.5. The predicted molar refractivity (Wildman–Crippen MR) is 132 cm³/mol. The second-order valence-corrected chi connectivity index (χ2v) is 8.49. The molecule has 1 aliphatic heterocycles. The van der Waals surface area contributed by atoms with Gasteiger partial charge in [0.1, 0.15) is 5.70 Å². The van der Waals surface area contributed by atoms with Crippen molar-refractivity contribution in [1.82, 2.24) is 5.27 Å². The Bertz CT molecular complexity index is 1440. The molecule has 0 aliphatic carbocycles. The fourth-order valence-electron chi connectivity index (χ4n) is 3.61. The zero-order valence-electron chi connectivity index (χ0n) is 18.2. The third kappa shape index (κ3) is 4.46. The number of benzene rings is 3. The molecule has 2 heterocycles. The van der Waals surface area contributed by atoms with Crippen LogP contribution in [0, 0.1) is 0 Å². The van der Waals surface area contributed by atoms with Gasteiger partial charge in [0, 0.05) is 0 Å². The SMILES string of the molecule is C[n+]1cc(NC(=O)CSC2=N/C(=C/c3cccc4ccccc34)C(=O)N2c2ccccc2)on1. The van der Waals surface area contributed by atoms with Gasteiger partial charge in [-0.05, 0) is 34.5 Å². The van der Waals surface area contributed by atoms with Gasteiger partial charge in [-0.1, -0.05) is 77.1 Å². The number of hydrogen-bond acceptors (Lipinski definition) is 6. The van der Waals surface area contributed by atoms with Crippen LogP contribution in [-0.4, -0.2) is 28.0 Å². The highest BCUT2D eigenvalue weighted by Crippen LogP contribution is 2.30. The summed E-state index contributed by atoms with van der Waals surface area (Å²) < 4.78 is 6.45. The summed E-state index contributed by atoms with van der Waals surface area (Å²) in [4.78, 5) is 32.0. The summed E-state index contributed by atoms with van der Waals surface area (Å²) in [7, 11) is 1.69. The van der Waals surface area contributed by atoms with Crippen LogP contribution in [0.4, 0.5) is 11.6 Å². The van der Waals surface area contributed by atoms with Crippen molar-refractivity contribution in [3.8, 4) is 0 Å². The first-order chi connectivity index (χ1) is 16.6. The van der Waals surface area contributed by atoms with Crippen molar-refractivity contribution in [2.45, 2.75) is 0 Å². The van der Waals surface area contributed by atoms with Crippen LogP contribution in [0.15, 0.2) is 94.2 Å². The largest absolute Gasteiger partial charge is 0.302 e. The smallest absolute Gasteiger partial charge is 0.288 e. The lowest BCUT2D eigenvalue weighted by Gasteiger charge is -2.17. The van der Waals surface area contributed by atoms with Crippen LogP contribution in [0.3, 0.4) is 0 Å². The highest BCUT2D eigenvalue weighted by atomic mass is 32.2. The van der Waals surface area contributed by atoms with E-state index in [9.17, 15) is 9.59 Å². The molecule has 0 unspecified atom stereocenters. The number of para-hydroxylation sites is 1. The molecule has 0 atom stereocenters. The van der Waals surface area contributed by atoms with E-state index in [4.69, 9.17) is 4.52 Å². The molecule has 0 radical (unpaired) electrons. The maximum atomic E-state index is 13.4. The minimum Gasteiger partial charge on any atom is -0.288 e. The second kappa shape index (κ2) is 9.32. The van der Waals surface area contributed by atoms with Gasteiger partial charge in [0.15, 0.2) is 17.5 Å². The number of fused-ring (bicyclic) bond motifs is 1. The quantitative estimate of drug-likeness (QED) is 0.354. The number of aryl methyl sites for hydroxylation is 1. The van der Waals surface area contributed by atoms with Gasteiger partial charge in [-0.15, -0.1) is 0 Å². The number of nitrogens with one attached hydrogen (secondary N) is 1. The van der Waals surface area contributed by atoms with Crippen LogP contribution in [0.1, 0.15) is 5.56 Å². The standard InChI is InChI=1S/C25H19N5O3S/c1-29-15-23(33-28-29)27-22(31)16-34-25-26-21(24(32)30(25)19-11-3-2-4-12-19)14-18-10-7-9-17-8-5-6-13-20(17)18/h2-15H,16H2,1H3/p+1/b21-14+. The number of aromatic nitrogens is 2. The Balaban J connectivity index is 1.44. The normalized spacial score (nSPS) is 14.6. The Morgan fingerprint density at radius 1 is 1.09 bits per heavy atom. The fourth-order valence-corrected chi connectivity index (χ4v) is 4.42. The molecule has 3 aromatic carbocycles. The number of anilines is 2. The Hall–Kier alpha value is -4.24. The summed E-state index contributed by atoms with van der Waals surface area (Å²) in [5, 5.41) is 8.87. The first kappa shape index (κ1) is 21.6. The van der Waals surface area contributed by atoms with Crippen molar-refractivity contribution in [3.05, 3.63) is 90.3 Å². The molecule has 0 bridgehead atoms. The maximum Gasteiger partial charge on any atom is 0.302 e. The van der Waals surface area contributed by atoms with E-state index in [1.54, 1.807) is 19.3 Å². The number of amides is 2. The molecule has 5 rings (SSSR count). The molecule has 0 fully saturated rings. The van der Waals surface area contributed by atoms with Crippen molar-refractivity contribution < 1.29 is 18.8 Å². The Kier molecular flexibility index (Phi) is 5.92. The lowest BCUT2D eigenvalue weighted by atomic mass is 10.0. The molecule has 34 heavy (non-hydrogen) atoms. The minimum absolute atomic E-state index is 0.0431. The number of carbonyl (C=O) groups excluding carboxylic acids is 2. The average Bonchev–Trinajstić information content (AvgIpc) is 3.40. The molecule has 9 heteroatoms. The van der Waals surface area contributed by atoms with Crippen LogP contribution < -0.4 is 14.9 Å². The second-order valence-electron chi connectivity index (χ2n) is 7.55. The average molecular weight is 471 g/mol. The van der Waals surface area contributed by atoms with Crippen LogP contribution in [0.2, 0.25) is 0 Å². The molecule has 1 aromatic heterocycles. The van der Waals surface area contributed by atoms with Crippen LogP contribution in [-0.2, 0) is 16.6 Å². The first-order valence-electron chi connectivity index (χ1n) is 10.5. The number of rotatable bonds is 5. The lowest BCUT2D eigenvalue weighted by molar-refractivity contribution is -0.739. The van der Waals surface area contributed by atoms with Gasteiger partial charge in [0.2, 0.25) is 5.91 Å².